The Bertz CT molecular complexity index is 3350. The van der Waals surface area contributed by atoms with Crippen molar-refractivity contribution in [3.8, 4) is 22.6 Å². The predicted molar refractivity (Wildman–Crippen MR) is 330 cm³/mol. The quantitative estimate of drug-likeness (QED) is 0.0138. The maximum Gasteiger partial charge on any atom is 0.340 e. The molecule has 2 unspecified atom stereocenters. The molecular formula is C61H84FN13O11S. The topological polar surface area (TPSA) is 339 Å². The van der Waals surface area contributed by atoms with Crippen LogP contribution in [-0.2, 0) is 82.0 Å². The van der Waals surface area contributed by atoms with Gasteiger partial charge in [0, 0.05) is 66.5 Å². The van der Waals surface area contributed by atoms with E-state index in [1.165, 1.54) is 6.07 Å². The first-order valence-electron chi connectivity index (χ1n) is 29.4. The van der Waals surface area contributed by atoms with Gasteiger partial charge in [-0.15, -0.1) is 5.10 Å². The van der Waals surface area contributed by atoms with E-state index in [9.17, 15) is 47.9 Å². The van der Waals surface area contributed by atoms with Crippen LogP contribution in [0.5, 0.6) is 0 Å². The highest BCUT2D eigenvalue weighted by molar-refractivity contribution is 7.71. The Labute approximate surface area is 511 Å². The van der Waals surface area contributed by atoms with Gasteiger partial charge in [0.15, 0.2) is 10.9 Å². The molecule has 6 heterocycles. The van der Waals surface area contributed by atoms with E-state index in [1.54, 1.807) is 54.2 Å². The van der Waals surface area contributed by atoms with Crippen molar-refractivity contribution < 1.29 is 52.5 Å². The van der Waals surface area contributed by atoms with Gasteiger partial charge in [0.2, 0.25) is 35.9 Å². The summed E-state index contributed by atoms with van der Waals surface area (Å²) in [6, 6.07) is 11.2. The Hall–Kier alpha value is -8.62. The Morgan fingerprint density at radius 3 is 2.30 bits per heavy atom. The summed E-state index contributed by atoms with van der Waals surface area (Å²) in [4.78, 5) is 104. The number of nitrogens with two attached hydrogens (primary N) is 1. The lowest BCUT2D eigenvalue weighted by Crippen LogP contribution is -2.51. The molecule has 0 saturated carbocycles. The van der Waals surface area contributed by atoms with E-state index in [4.69, 9.17) is 32.4 Å². The second kappa shape index (κ2) is 38.4. The maximum absolute atomic E-state index is 14.5. The Morgan fingerprint density at radius 1 is 0.920 bits per heavy atom. The van der Waals surface area contributed by atoms with Gasteiger partial charge in [-0.05, 0) is 86.5 Å². The molecule has 1 aliphatic carbocycles. The van der Waals surface area contributed by atoms with E-state index in [0.717, 1.165) is 84.0 Å². The zero-order valence-corrected chi connectivity index (χ0v) is 52.2. The standard InChI is InChI=1S/C22H17FN2O4.C17H23N5O6.C14H20N6OS.4C2H6/c1-9-10-3-2-4-11-13-7-25-17(19(13)24-16(18(10)11)6-15(9)23)5-12-14(21(25)27)8-29-22(28)20(12)26;18-14(24)9-28-11-21-15(25)8-20-17(27)13(22-16(26)7-19-10-23)6-12-4-2-1-3-5-12;1-2-15-13(21)6-4-3-5-7-20-10-12(18-19-20)11-8-16-14(22)17-9-11;4*1-2/h5-6,20,26H,2-4,7-8H2,1H3;1-5,10,13H,6-9,11H2,(H2,18,24)(H,19,23)(H,20,27)(H,21,25)(H,22,26);8-10H,2-7H2,1H3,(H,15,21)(H,16,17,22);4*1-2H3. The zero-order chi connectivity index (χ0) is 64.6. The van der Waals surface area contributed by atoms with Gasteiger partial charge in [0.1, 0.15) is 37.5 Å². The van der Waals surface area contributed by atoms with Gasteiger partial charge in [-0.3, -0.25) is 38.2 Å². The third kappa shape index (κ3) is 21.1. The van der Waals surface area contributed by atoms with E-state index in [0.29, 0.717) is 58.7 Å². The number of cyclic esters (lactones) is 1. The van der Waals surface area contributed by atoms with Crippen molar-refractivity contribution in [1.82, 2.24) is 61.1 Å². The number of nitrogens with one attached hydrogen (secondary N) is 6. The smallest absolute Gasteiger partial charge is 0.340 e. The van der Waals surface area contributed by atoms with E-state index in [2.05, 4.69) is 46.9 Å². The maximum atomic E-state index is 14.5. The molecule has 87 heavy (non-hydrogen) atoms. The second-order valence-corrected chi connectivity index (χ2v) is 18.9. The molecule has 6 aromatic rings. The number of fused-ring (bicyclic) bond motifs is 5. The number of carbonyl (C=O) groups excluding carboxylic acids is 7. The van der Waals surface area contributed by atoms with E-state index >= 15 is 0 Å². The zero-order valence-electron chi connectivity index (χ0n) is 51.4. The molecule has 0 spiro atoms. The fourth-order valence-corrected chi connectivity index (χ4v) is 9.29. The number of hydrogen-bond acceptors (Lipinski definition) is 16. The van der Waals surface area contributed by atoms with E-state index in [-0.39, 0.29) is 62.3 Å². The minimum absolute atomic E-state index is 0.125. The summed E-state index contributed by atoms with van der Waals surface area (Å²) >= 11 is 4.91. The fourth-order valence-electron chi connectivity index (χ4n) is 9.18. The highest BCUT2D eigenvalue weighted by atomic mass is 32.1. The number of H-pyrrole nitrogens is 1. The molecule has 0 bridgehead atoms. The number of carbonyl (C=O) groups is 7. The van der Waals surface area contributed by atoms with Crippen molar-refractivity contribution in [3.05, 3.63) is 121 Å². The lowest BCUT2D eigenvalue weighted by Gasteiger charge is -2.22. The SMILES string of the molecule is CC.CC.CC.CC.CCNC(=O)CCCCCn1cc(-c2cnc(=S)[nH]c2)nn1.Cc1c(F)cc2nc3c(c4c2c1CCC4)Cn1c-3cc2c(c1=O)COC(=O)C2O.NC(=O)COCNC(=O)CNC(=O)C(Cc1ccccc1)NC(=O)CNC=O. The molecule has 24 nitrogen and oxygen atoms in total. The van der Waals surface area contributed by atoms with Crippen LogP contribution in [0.2, 0.25) is 0 Å². The Kier molecular flexibility index (Phi) is 32.1. The molecular weight excluding hydrogens is 1140 g/mol. The van der Waals surface area contributed by atoms with Crippen LogP contribution in [0.1, 0.15) is 139 Å². The van der Waals surface area contributed by atoms with Gasteiger partial charge in [-0.2, -0.15) is 0 Å². The monoisotopic (exact) mass is 1230 g/mol. The number of amides is 6. The van der Waals surface area contributed by atoms with Crippen molar-refractivity contribution in [3.63, 3.8) is 0 Å². The molecule has 9 N–H and O–H groups in total. The van der Waals surface area contributed by atoms with Crippen LogP contribution in [0.15, 0.2) is 65.8 Å². The predicted octanol–water partition coefficient (Wildman–Crippen LogP) is 5.80. The van der Waals surface area contributed by atoms with Gasteiger partial charge >= 0.3 is 5.97 Å². The largest absolute Gasteiger partial charge is 0.458 e. The number of primary amides is 1. The third-order valence-electron chi connectivity index (χ3n) is 13.0. The second-order valence-electron chi connectivity index (χ2n) is 18.5. The van der Waals surface area contributed by atoms with Crippen molar-refractivity contribution in [1.29, 1.82) is 0 Å². The average molecular weight is 1230 g/mol. The number of aliphatic hydroxyl groups excluding tert-OH is 1. The number of nitrogens with zero attached hydrogens (tertiary/aromatic N) is 6. The van der Waals surface area contributed by atoms with Gasteiger partial charge < -0.3 is 56.4 Å². The Balaban J connectivity index is 0.000000325. The lowest BCUT2D eigenvalue weighted by atomic mass is 9.85. The van der Waals surface area contributed by atoms with Crippen molar-refractivity contribution >= 4 is 65.0 Å². The molecule has 0 radical (unpaired) electrons. The number of aromatic nitrogens is 7. The molecule has 2 aromatic carbocycles. The first kappa shape index (κ1) is 72.6. The normalized spacial score (nSPS) is 12.8. The number of benzene rings is 2. The van der Waals surface area contributed by atoms with Crippen LogP contribution in [0.3, 0.4) is 0 Å². The van der Waals surface area contributed by atoms with Gasteiger partial charge in [-0.1, -0.05) is 97.4 Å². The number of hydrogen-bond donors (Lipinski definition) is 8. The Morgan fingerprint density at radius 2 is 1.63 bits per heavy atom. The van der Waals surface area contributed by atoms with Crippen LogP contribution < -0.4 is 37.9 Å². The summed E-state index contributed by atoms with van der Waals surface area (Å²) in [7, 11) is 0. The van der Waals surface area contributed by atoms with Crippen molar-refractivity contribution in [2.75, 3.05) is 33.0 Å². The molecule has 4 aromatic heterocycles. The van der Waals surface area contributed by atoms with Crippen molar-refractivity contribution in [2.45, 2.75) is 152 Å². The summed E-state index contributed by atoms with van der Waals surface area (Å²) < 4.78 is 28.1. The van der Waals surface area contributed by atoms with Crippen LogP contribution in [0.25, 0.3) is 33.5 Å². The highest BCUT2D eigenvalue weighted by Crippen LogP contribution is 2.42. The fraction of sp³-hybridized carbons (Fsp3) is 0.459. The average Bonchev–Trinajstić information content (AvgIpc) is 1.71. The minimum Gasteiger partial charge on any atom is -0.458 e. The lowest BCUT2D eigenvalue weighted by molar-refractivity contribution is -0.157. The first-order chi connectivity index (χ1) is 42.1. The molecule has 3 aliphatic rings. The van der Waals surface area contributed by atoms with E-state index < -0.39 is 41.7 Å². The van der Waals surface area contributed by atoms with E-state index in [1.807, 2.05) is 79.3 Å². The number of rotatable bonds is 21. The summed E-state index contributed by atoms with van der Waals surface area (Å²) in [5.41, 5.74) is 13.2. The molecule has 26 heteroatoms. The molecule has 9 rings (SSSR count). The van der Waals surface area contributed by atoms with Crippen LogP contribution in [0.4, 0.5) is 4.39 Å². The number of esters is 1. The highest BCUT2D eigenvalue weighted by Gasteiger charge is 2.35. The van der Waals surface area contributed by atoms with Gasteiger partial charge in [-0.25, -0.2) is 19.2 Å². The van der Waals surface area contributed by atoms with Crippen molar-refractivity contribution in [2.24, 2.45) is 5.73 Å². The number of aryl methyl sites for hydroxylation is 3. The summed E-state index contributed by atoms with van der Waals surface area (Å²) in [5.74, 6) is -3.25. The van der Waals surface area contributed by atoms with Gasteiger partial charge in [0.05, 0.1) is 48.3 Å². The number of unbranched alkanes of at least 4 members (excludes halogenated alkanes) is 2. The molecule has 2 aliphatic heterocycles. The third-order valence-corrected chi connectivity index (χ3v) is 13.3. The van der Waals surface area contributed by atoms with Crippen LogP contribution in [0, 0.1) is 17.5 Å². The molecule has 0 saturated heterocycles. The molecule has 472 valence electrons. The molecule has 6 amide bonds. The van der Waals surface area contributed by atoms with Gasteiger partial charge in [0.25, 0.3) is 5.56 Å². The summed E-state index contributed by atoms with van der Waals surface area (Å²) in [6.45, 7) is 20.2. The number of aromatic amines is 1. The summed E-state index contributed by atoms with van der Waals surface area (Å²) in [5, 5.41) is 31.7. The number of pyridine rings is 2. The summed E-state index contributed by atoms with van der Waals surface area (Å²) in [6.07, 6.45) is 10.5. The minimum atomic E-state index is -1.48. The molecule has 2 atom stereocenters. The number of ether oxygens (including phenoxy) is 2. The van der Waals surface area contributed by atoms with Crippen LogP contribution in [-0.4, -0.2) is 121 Å². The number of aliphatic hydroxyl groups is 1. The van der Waals surface area contributed by atoms with Crippen LogP contribution >= 0.6 is 12.2 Å². The number of halogens is 1. The molecule has 0 fully saturated rings. The first-order valence-corrected chi connectivity index (χ1v) is 29.8.